The maximum absolute atomic E-state index is 13.1. The first kappa shape index (κ1) is 81.5. The minimum absolute atomic E-state index is 0.0794. The lowest BCUT2D eigenvalue weighted by Crippen LogP contribution is -2.46. The molecule has 0 saturated heterocycles. The van der Waals surface area contributed by atoms with Crippen LogP contribution in [0.2, 0.25) is 0 Å². The van der Waals surface area contributed by atoms with Gasteiger partial charge in [-0.15, -0.1) is 0 Å². The number of nitrogens with zero attached hydrogens (tertiary/aromatic N) is 1. The van der Waals surface area contributed by atoms with Gasteiger partial charge in [0.15, 0.2) is 0 Å². The molecule has 0 radical (unpaired) electrons. The van der Waals surface area contributed by atoms with Crippen LogP contribution in [-0.2, 0) is 18.4 Å². The third-order valence-corrected chi connectivity index (χ3v) is 18.8. The molecule has 0 saturated carbocycles. The second kappa shape index (κ2) is 65.0. The van der Waals surface area contributed by atoms with Crippen molar-refractivity contribution in [1.29, 1.82) is 0 Å². The number of likely N-dealkylation sites (N-methyl/N-ethyl adjacent to an activating group) is 1. The van der Waals surface area contributed by atoms with Crippen LogP contribution in [0.4, 0.5) is 0 Å². The smallest absolute Gasteiger partial charge is 0.391 e. The number of nitrogens with one attached hydrogen (secondary N) is 1. The summed E-state index contributed by atoms with van der Waals surface area (Å²) in [5, 5.41) is 14.1. The van der Waals surface area contributed by atoms with Gasteiger partial charge in [-0.1, -0.05) is 393 Å². The van der Waals surface area contributed by atoms with E-state index in [0.29, 0.717) is 23.9 Å². The summed E-state index contributed by atoms with van der Waals surface area (Å²) in [7, 11) is 1.64. The van der Waals surface area contributed by atoms with Gasteiger partial charge in [-0.3, -0.25) is 13.8 Å². The topological polar surface area (TPSA) is 105 Å². The molecule has 0 aliphatic rings. The fourth-order valence-electron chi connectivity index (χ4n) is 12.1. The number of unbranched alkanes of at least 4 members (excludes halogenated alkanes) is 58. The quantitative estimate of drug-likeness (QED) is 0.0318. The molecule has 0 rings (SSSR count). The van der Waals surface area contributed by atoms with Gasteiger partial charge >= 0.3 is 7.82 Å². The first-order chi connectivity index (χ1) is 40.0. The van der Waals surface area contributed by atoms with Crippen molar-refractivity contribution < 1.29 is 32.9 Å². The number of carbonyl (C=O) groups is 1. The predicted molar refractivity (Wildman–Crippen MR) is 360 cm³/mol. The van der Waals surface area contributed by atoms with E-state index in [0.717, 1.165) is 38.5 Å². The van der Waals surface area contributed by atoms with Gasteiger partial charge in [0.25, 0.3) is 0 Å². The molecule has 0 bridgehead atoms. The zero-order valence-corrected chi connectivity index (χ0v) is 57.4. The molecule has 8 nitrogen and oxygen atoms in total. The molecule has 3 atom stereocenters. The van der Waals surface area contributed by atoms with E-state index in [4.69, 9.17) is 9.05 Å². The monoisotopic (exact) mass is 1180 g/mol. The van der Waals surface area contributed by atoms with Crippen molar-refractivity contribution in [2.24, 2.45) is 0 Å². The molecule has 0 spiro atoms. The van der Waals surface area contributed by atoms with Gasteiger partial charge in [0.05, 0.1) is 39.9 Å². The summed E-state index contributed by atoms with van der Waals surface area (Å²) >= 11 is 0. The first-order valence-corrected chi connectivity index (χ1v) is 38.9. The van der Waals surface area contributed by atoms with Crippen LogP contribution in [0.5, 0.6) is 0 Å². The van der Waals surface area contributed by atoms with Crippen LogP contribution in [0.15, 0.2) is 0 Å². The van der Waals surface area contributed by atoms with Crippen LogP contribution in [0.25, 0.3) is 0 Å². The van der Waals surface area contributed by atoms with Gasteiger partial charge in [0, 0.05) is 6.42 Å². The second-order valence-electron chi connectivity index (χ2n) is 27.4. The van der Waals surface area contributed by atoms with Gasteiger partial charge in [-0.2, -0.15) is 0 Å². The van der Waals surface area contributed by atoms with Crippen LogP contribution in [-0.4, -0.2) is 73.4 Å². The summed E-state index contributed by atoms with van der Waals surface area (Å²) in [6.45, 7) is 4.97. The lowest BCUT2D eigenvalue weighted by molar-refractivity contribution is -0.870. The Hall–Kier alpha value is -0.500. The fourth-order valence-corrected chi connectivity index (χ4v) is 12.8. The van der Waals surface area contributed by atoms with Crippen LogP contribution >= 0.6 is 7.82 Å². The molecule has 0 aromatic rings. The molecule has 3 N–H and O–H groups in total. The minimum atomic E-state index is -4.32. The Bertz CT molecular complexity index is 1300. The van der Waals surface area contributed by atoms with Crippen molar-refractivity contribution in [3.63, 3.8) is 0 Å². The Balaban J connectivity index is 3.84. The van der Waals surface area contributed by atoms with Gasteiger partial charge in [-0.25, -0.2) is 4.57 Å². The third kappa shape index (κ3) is 67.0. The molecular weight excluding hydrogens is 1030 g/mol. The summed E-state index contributed by atoms with van der Waals surface area (Å²) in [6, 6.07) is -0.757. The molecule has 0 aliphatic carbocycles. The van der Waals surface area contributed by atoms with E-state index < -0.39 is 20.0 Å². The molecule has 1 amide bonds. The highest BCUT2D eigenvalue weighted by molar-refractivity contribution is 7.47. The molecular formula is C73H150N2O6P+. The fraction of sp³-hybridized carbons (Fsp3) is 0.986. The Morgan fingerprint density at radius 1 is 0.366 bits per heavy atom. The van der Waals surface area contributed by atoms with Crippen molar-refractivity contribution in [3.05, 3.63) is 0 Å². The van der Waals surface area contributed by atoms with E-state index in [1.807, 2.05) is 21.1 Å². The summed E-state index contributed by atoms with van der Waals surface area (Å²) in [6.07, 6.45) is 82.4. The molecule has 9 heteroatoms. The molecule has 0 fully saturated rings. The highest BCUT2D eigenvalue weighted by Gasteiger charge is 2.28. The van der Waals surface area contributed by atoms with Gasteiger partial charge < -0.3 is 19.8 Å². The number of hydrogen-bond acceptors (Lipinski definition) is 5. The highest BCUT2D eigenvalue weighted by Crippen LogP contribution is 2.43. The number of aliphatic hydroxyl groups is 1. The molecule has 0 aromatic heterocycles. The number of phosphoric ester groups is 1. The standard InChI is InChI=1S/C73H149N2O6P/c1-6-8-10-12-14-16-18-20-22-24-26-28-29-30-31-32-33-34-35-36-37-38-39-40-41-42-43-44-45-46-47-49-51-53-55-57-59-61-63-65-67-73(77)74-71(70-81-82(78,79)80-69-68-75(3,4)5)72(76)66-64-62-60-58-56-54-52-50-48-27-25-23-21-19-17-15-13-11-9-7-2/h71-72,76H,6-70H2,1-5H3,(H-,74,77,78,79)/p+1. The molecule has 492 valence electrons. The van der Waals surface area contributed by atoms with Crippen molar-refractivity contribution in [2.75, 3.05) is 40.9 Å². The van der Waals surface area contributed by atoms with E-state index in [1.165, 1.54) is 347 Å². The van der Waals surface area contributed by atoms with Crippen LogP contribution < -0.4 is 5.32 Å². The largest absolute Gasteiger partial charge is 0.472 e. The normalized spacial score (nSPS) is 13.5. The number of rotatable bonds is 71. The van der Waals surface area contributed by atoms with E-state index in [2.05, 4.69) is 19.2 Å². The summed E-state index contributed by atoms with van der Waals surface area (Å²) < 4.78 is 23.9. The van der Waals surface area contributed by atoms with Gasteiger partial charge in [0.1, 0.15) is 13.2 Å². The zero-order chi connectivity index (χ0) is 59.8. The SMILES string of the molecule is CCCCCCCCCCCCCCCCCCCCCCCCCCCCCCCCCCCCCCCCCCC(=O)NC(COP(=O)(O)OCC[N+](C)(C)C)C(O)CCCCCCCCCCCCCCCCCCCCCC. The van der Waals surface area contributed by atoms with Crippen molar-refractivity contribution in [3.8, 4) is 0 Å². The Morgan fingerprint density at radius 3 is 0.817 bits per heavy atom. The molecule has 3 unspecified atom stereocenters. The number of phosphoric acid groups is 1. The number of aliphatic hydroxyl groups excluding tert-OH is 1. The Morgan fingerprint density at radius 2 is 0.585 bits per heavy atom. The second-order valence-corrected chi connectivity index (χ2v) is 28.9. The molecule has 0 heterocycles. The highest BCUT2D eigenvalue weighted by atomic mass is 31.2. The first-order valence-electron chi connectivity index (χ1n) is 37.4. The van der Waals surface area contributed by atoms with Crippen molar-refractivity contribution in [1.82, 2.24) is 5.32 Å². The van der Waals surface area contributed by atoms with Crippen molar-refractivity contribution >= 4 is 13.7 Å². The van der Waals surface area contributed by atoms with E-state index in [-0.39, 0.29) is 19.1 Å². The van der Waals surface area contributed by atoms with E-state index >= 15 is 0 Å². The van der Waals surface area contributed by atoms with Crippen LogP contribution in [0, 0.1) is 0 Å². The number of carbonyl (C=O) groups excluding carboxylic acids is 1. The average Bonchev–Trinajstić information content (AvgIpc) is 3.47. The van der Waals surface area contributed by atoms with Crippen molar-refractivity contribution in [2.45, 2.75) is 424 Å². The van der Waals surface area contributed by atoms with E-state index in [9.17, 15) is 19.4 Å². The maximum atomic E-state index is 13.1. The molecule has 0 aromatic carbocycles. The summed E-state index contributed by atoms with van der Waals surface area (Å²) in [4.78, 5) is 23.5. The van der Waals surface area contributed by atoms with Crippen LogP contribution in [0.1, 0.15) is 412 Å². The average molecular weight is 1180 g/mol. The molecule has 82 heavy (non-hydrogen) atoms. The number of amides is 1. The Kier molecular flexibility index (Phi) is 64.6. The lowest BCUT2D eigenvalue weighted by atomic mass is 10.0. The minimum Gasteiger partial charge on any atom is -0.391 e. The maximum Gasteiger partial charge on any atom is 0.472 e. The summed E-state index contributed by atoms with van der Waals surface area (Å²) in [5.41, 5.74) is 0. The third-order valence-electron chi connectivity index (χ3n) is 17.9. The van der Waals surface area contributed by atoms with Gasteiger partial charge in [-0.05, 0) is 12.8 Å². The zero-order valence-electron chi connectivity index (χ0n) is 56.5. The lowest BCUT2D eigenvalue weighted by Gasteiger charge is -2.26. The van der Waals surface area contributed by atoms with E-state index in [1.54, 1.807) is 0 Å². The molecule has 0 aliphatic heterocycles. The Labute approximate surface area is 514 Å². The summed E-state index contributed by atoms with van der Waals surface area (Å²) in [5.74, 6) is -0.133. The predicted octanol–water partition coefficient (Wildman–Crippen LogP) is 23.9. The number of hydrogen-bond donors (Lipinski definition) is 3. The van der Waals surface area contributed by atoms with Gasteiger partial charge in [0.2, 0.25) is 5.91 Å². The number of quaternary nitrogens is 1. The van der Waals surface area contributed by atoms with Crippen LogP contribution in [0.3, 0.4) is 0 Å².